The quantitative estimate of drug-likeness (QED) is 0.661. The number of carbonyl (C=O) groups excluding carboxylic acids is 2. The zero-order valence-corrected chi connectivity index (χ0v) is 17.0. The predicted molar refractivity (Wildman–Crippen MR) is 104 cm³/mol. The number of hydrogen-bond acceptors (Lipinski definition) is 2. The molecule has 25 heavy (non-hydrogen) atoms. The van der Waals surface area contributed by atoms with Gasteiger partial charge in [-0.2, -0.15) is 0 Å². The van der Waals surface area contributed by atoms with Gasteiger partial charge in [-0.1, -0.05) is 50.0 Å². The predicted octanol–water partition coefficient (Wildman–Crippen LogP) is 4.82. The van der Waals surface area contributed by atoms with Gasteiger partial charge in [0, 0.05) is 29.1 Å². The highest BCUT2D eigenvalue weighted by molar-refractivity contribution is 6.35. The minimum atomic E-state index is -0.514. The van der Waals surface area contributed by atoms with E-state index >= 15 is 0 Å². The molecule has 4 nitrogen and oxygen atoms in total. The van der Waals surface area contributed by atoms with Gasteiger partial charge < -0.3 is 10.2 Å². The molecule has 2 atom stereocenters. The van der Waals surface area contributed by atoms with Crippen LogP contribution in [-0.2, 0) is 16.1 Å². The minimum absolute atomic E-state index is 0.0420. The van der Waals surface area contributed by atoms with Crippen molar-refractivity contribution in [3.8, 4) is 0 Å². The summed E-state index contributed by atoms with van der Waals surface area (Å²) in [6, 6.07) is 4.76. The van der Waals surface area contributed by atoms with E-state index in [1.807, 2.05) is 27.7 Å². The Morgan fingerprint density at radius 2 is 1.84 bits per heavy atom. The Labute approximate surface area is 160 Å². The lowest BCUT2D eigenvalue weighted by atomic mass is 10.1. The van der Waals surface area contributed by atoms with Crippen LogP contribution in [0.1, 0.15) is 58.9 Å². The molecule has 0 saturated heterocycles. The lowest BCUT2D eigenvalue weighted by Gasteiger charge is -2.31. The third-order valence-corrected chi connectivity index (χ3v) is 4.79. The largest absolute Gasteiger partial charge is 0.352 e. The number of benzene rings is 1. The highest BCUT2D eigenvalue weighted by Gasteiger charge is 2.29. The van der Waals surface area contributed by atoms with Crippen molar-refractivity contribution in [3.63, 3.8) is 0 Å². The van der Waals surface area contributed by atoms with E-state index in [0.29, 0.717) is 29.4 Å². The molecule has 0 saturated carbocycles. The van der Waals surface area contributed by atoms with E-state index < -0.39 is 6.04 Å². The Hall–Kier alpha value is -1.26. The number of carbonyl (C=O) groups is 2. The normalized spacial score (nSPS) is 13.2. The first-order chi connectivity index (χ1) is 11.8. The maximum atomic E-state index is 12.7. The Morgan fingerprint density at radius 3 is 2.36 bits per heavy atom. The standard InChI is InChI=1S/C19H28Cl2N2O2/c1-5-8-18(24)23(12-14-9-10-15(20)11-16(14)21)17(7-3)19(25)22-13(4)6-2/h9-11,13,17H,5-8,12H2,1-4H3,(H,22,25). The van der Waals surface area contributed by atoms with Gasteiger partial charge in [-0.25, -0.2) is 0 Å². The molecule has 0 aliphatic carbocycles. The molecule has 0 bridgehead atoms. The SMILES string of the molecule is CCCC(=O)N(Cc1ccc(Cl)cc1Cl)C(CC)C(=O)NC(C)CC. The number of rotatable bonds is 9. The van der Waals surface area contributed by atoms with Crippen molar-refractivity contribution in [1.82, 2.24) is 10.2 Å². The van der Waals surface area contributed by atoms with Crippen molar-refractivity contribution in [3.05, 3.63) is 33.8 Å². The molecule has 0 aliphatic rings. The summed E-state index contributed by atoms with van der Waals surface area (Å²) in [5.74, 6) is -0.161. The molecular weight excluding hydrogens is 359 g/mol. The lowest BCUT2D eigenvalue weighted by molar-refractivity contribution is -0.141. The van der Waals surface area contributed by atoms with E-state index in [9.17, 15) is 9.59 Å². The fourth-order valence-electron chi connectivity index (χ4n) is 2.55. The molecule has 1 rings (SSSR count). The summed E-state index contributed by atoms with van der Waals surface area (Å²) in [6.45, 7) is 8.13. The summed E-state index contributed by atoms with van der Waals surface area (Å²) in [4.78, 5) is 27.0. The maximum absolute atomic E-state index is 12.7. The van der Waals surface area contributed by atoms with Crippen molar-refractivity contribution < 1.29 is 9.59 Å². The zero-order chi connectivity index (χ0) is 19.0. The first-order valence-electron chi connectivity index (χ1n) is 8.87. The molecule has 2 unspecified atom stereocenters. The molecule has 0 radical (unpaired) electrons. The van der Waals surface area contributed by atoms with Gasteiger partial charge in [0.1, 0.15) is 6.04 Å². The summed E-state index contributed by atoms with van der Waals surface area (Å²) < 4.78 is 0. The number of amides is 2. The van der Waals surface area contributed by atoms with Gasteiger partial charge in [-0.3, -0.25) is 9.59 Å². The van der Waals surface area contributed by atoms with Crippen LogP contribution in [0.25, 0.3) is 0 Å². The van der Waals surface area contributed by atoms with Gasteiger partial charge in [0.15, 0.2) is 0 Å². The monoisotopic (exact) mass is 386 g/mol. The van der Waals surface area contributed by atoms with Gasteiger partial charge in [-0.05, 0) is 43.9 Å². The molecule has 1 aromatic carbocycles. The van der Waals surface area contributed by atoms with E-state index in [1.54, 1.807) is 23.1 Å². The third kappa shape index (κ3) is 6.52. The van der Waals surface area contributed by atoms with Gasteiger partial charge in [0.25, 0.3) is 0 Å². The van der Waals surface area contributed by atoms with Crippen molar-refractivity contribution in [1.29, 1.82) is 0 Å². The van der Waals surface area contributed by atoms with Crippen molar-refractivity contribution >= 4 is 35.0 Å². The number of nitrogens with one attached hydrogen (secondary N) is 1. The molecule has 0 aliphatic heterocycles. The van der Waals surface area contributed by atoms with Crippen LogP contribution in [0.5, 0.6) is 0 Å². The summed E-state index contributed by atoms with van der Waals surface area (Å²) in [6.07, 6.45) is 2.52. The Morgan fingerprint density at radius 1 is 1.16 bits per heavy atom. The van der Waals surface area contributed by atoms with Crippen molar-refractivity contribution in [2.75, 3.05) is 0 Å². The van der Waals surface area contributed by atoms with Crippen LogP contribution in [0.15, 0.2) is 18.2 Å². The molecule has 0 aromatic heterocycles. The topological polar surface area (TPSA) is 49.4 Å². The molecule has 140 valence electrons. The molecule has 1 aromatic rings. The number of halogens is 2. The highest BCUT2D eigenvalue weighted by Crippen LogP contribution is 2.24. The molecule has 2 amide bonds. The van der Waals surface area contributed by atoms with Crippen LogP contribution in [-0.4, -0.2) is 28.8 Å². The molecule has 0 heterocycles. The van der Waals surface area contributed by atoms with Crippen molar-refractivity contribution in [2.24, 2.45) is 0 Å². The fraction of sp³-hybridized carbons (Fsp3) is 0.579. The summed E-state index contributed by atoms with van der Waals surface area (Å²) >= 11 is 12.2. The summed E-state index contributed by atoms with van der Waals surface area (Å²) in [7, 11) is 0. The summed E-state index contributed by atoms with van der Waals surface area (Å²) in [5, 5.41) is 4.02. The molecular formula is C19H28Cl2N2O2. The first-order valence-corrected chi connectivity index (χ1v) is 9.63. The second-order valence-corrected chi connectivity index (χ2v) is 7.09. The summed E-state index contributed by atoms with van der Waals surface area (Å²) in [5.41, 5.74) is 0.783. The minimum Gasteiger partial charge on any atom is -0.352 e. The van der Waals surface area contributed by atoms with Crippen LogP contribution >= 0.6 is 23.2 Å². The number of hydrogen-bond donors (Lipinski definition) is 1. The van der Waals surface area contributed by atoms with Crippen LogP contribution in [0.2, 0.25) is 10.0 Å². The Balaban J connectivity index is 3.08. The highest BCUT2D eigenvalue weighted by atomic mass is 35.5. The van der Waals surface area contributed by atoms with Gasteiger partial charge >= 0.3 is 0 Å². The average molecular weight is 387 g/mol. The lowest BCUT2D eigenvalue weighted by Crippen LogP contribution is -2.50. The molecule has 6 heteroatoms. The van der Waals surface area contributed by atoms with Gasteiger partial charge in [-0.15, -0.1) is 0 Å². The molecule has 0 fully saturated rings. The fourth-order valence-corrected chi connectivity index (χ4v) is 3.02. The second-order valence-electron chi connectivity index (χ2n) is 6.25. The Bertz CT molecular complexity index is 593. The van der Waals surface area contributed by atoms with E-state index in [4.69, 9.17) is 23.2 Å². The Kier molecular flexibility index (Phi) is 9.30. The van der Waals surface area contributed by atoms with Gasteiger partial charge in [0.2, 0.25) is 11.8 Å². The van der Waals surface area contributed by atoms with Crippen molar-refractivity contribution in [2.45, 2.75) is 72.0 Å². The number of nitrogens with zero attached hydrogens (tertiary/aromatic N) is 1. The van der Waals surface area contributed by atoms with Crippen LogP contribution in [0.4, 0.5) is 0 Å². The van der Waals surface area contributed by atoms with E-state index in [-0.39, 0.29) is 17.9 Å². The van der Waals surface area contributed by atoms with E-state index in [0.717, 1.165) is 18.4 Å². The van der Waals surface area contributed by atoms with Crippen LogP contribution in [0.3, 0.4) is 0 Å². The zero-order valence-electron chi connectivity index (χ0n) is 15.4. The van der Waals surface area contributed by atoms with Gasteiger partial charge in [0.05, 0.1) is 0 Å². The average Bonchev–Trinajstić information content (AvgIpc) is 2.56. The van der Waals surface area contributed by atoms with Crippen LogP contribution < -0.4 is 5.32 Å². The second kappa shape index (κ2) is 10.7. The van der Waals surface area contributed by atoms with E-state index in [1.165, 1.54) is 0 Å². The van der Waals surface area contributed by atoms with Crippen LogP contribution in [0, 0.1) is 0 Å². The third-order valence-electron chi connectivity index (χ3n) is 4.21. The smallest absolute Gasteiger partial charge is 0.243 e. The maximum Gasteiger partial charge on any atom is 0.243 e. The molecule has 0 spiro atoms. The first kappa shape index (κ1) is 21.8. The van der Waals surface area contributed by atoms with E-state index in [2.05, 4.69) is 5.32 Å². The molecule has 1 N–H and O–H groups in total.